The molecule has 4 fully saturated rings. The lowest BCUT2D eigenvalue weighted by molar-refractivity contribution is -0.0312. The Morgan fingerprint density at radius 3 is 2.39 bits per heavy atom. The summed E-state index contributed by atoms with van der Waals surface area (Å²) < 4.78 is 71.8. The number of rotatable bonds is 13. The number of aliphatic hydroxyl groups is 1. The van der Waals surface area contributed by atoms with Crippen LogP contribution in [-0.4, -0.2) is 89.2 Å². The molecule has 49 heavy (non-hydrogen) atoms. The molecule has 264 valence electrons. The van der Waals surface area contributed by atoms with Gasteiger partial charge in [0.25, 0.3) is 0 Å². The fraction of sp³-hybridized carbons (Fsp3) is 0.500. The second kappa shape index (κ2) is 13.3. The highest BCUT2D eigenvalue weighted by molar-refractivity contribution is 7.92. The Kier molecular flexibility index (Phi) is 9.31. The summed E-state index contributed by atoms with van der Waals surface area (Å²) in [7, 11) is -5.50. The Hall–Kier alpha value is -3.04. The highest BCUT2D eigenvalue weighted by Crippen LogP contribution is 2.44. The van der Waals surface area contributed by atoms with Gasteiger partial charge >= 0.3 is 0 Å². The lowest BCUT2D eigenvalue weighted by atomic mass is 9.88. The van der Waals surface area contributed by atoms with Crippen LogP contribution in [0.4, 0.5) is 0 Å². The first-order valence-electron chi connectivity index (χ1n) is 17.0. The number of sulfonamides is 1. The van der Waals surface area contributed by atoms with Crippen molar-refractivity contribution < 1.29 is 36.2 Å². The molecule has 0 aromatic heterocycles. The van der Waals surface area contributed by atoms with Crippen LogP contribution >= 0.6 is 0 Å². The SMILES string of the molecule is COc1ccc(S(=O)(=O)N2CCC3(CC2)CC(NCC(O)COc2cccc(S(=O)(=O)C4CC4)c2)CO3)cc1-c1ccc(C2(N)CC2)cc1. The molecule has 3 aromatic carbocycles. The van der Waals surface area contributed by atoms with Crippen molar-refractivity contribution in [3.05, 3.63) is 72.3 Å². The lowest BCUT2D eigenvalue weighted by Crippen LogP contribution is -2.47. The third-order valence-electron chi connectivity index (χ3n) is 10.4. The van der Waals surface area contributed by atoms with Crippen LogP contribution in [0.1, 0.15) is 50.5 Å². The van der Waals surface area contributed by atoms with Crippen molar-refractivity contribution in [1.82, 2.24) is 9.62 Å². The molecule has 1 spiro atoms. The number of aliphatic hydroxyl groups excluding tert-OH is 1. The van der Waals surface area contributed by atoms with Crippen molar-refractivity contribution in [3.8, 4) is 22.6 Å². The van der Waals surface area contributed by atoms with Crippen LogP contribution in [0.2, 0.25) is 0 Å². The highest BCUT2D eigenvalue weighted by Gasteiger charge is 2.45. The van der Waals surface area contributed by atoms with Gasteiger partial charge in [-0.2, -0.15) is 4.31 Å². The molecule has 3 aromatic rings. The summed E-state index contributed by atoms with van der Waals surface area (Å²) in [6, 6.07) is 19.4. The molecule has 2 aliphatic carbocycles. The minimum absolute atomic E-state index is 0.00872. The van der Waals surface area contributed by atoms with E-state index in [1.165, 1.54) is 10.4 Å². The molecule has 7 rings (SSSR count). The van der Waals surface area contributed by atoms with Gasteiger partial charge in [-0.05, 0) is 92.5 Å². The van der Waals surface area contributed by atoms with Crippen molar-refractivity contribution in [1.29, 1.82) is 0 Å². The van der Waals surface area contributed by atoms with E-state index in [9.17, 15) is 21.9 Å². The van der Waals surface area contributed by atoms with Gasteiger partial charge in [0.2, 0.25) is 10.0 Å². The zero-order valence-electron chi connectivity index (χ0n) is 27.7. The minimum atomic E-state index is -3.76. The normalized spacial score (nSPS) is 22.6. The first-order valence-corrected chi connectivity index (χ1v) is 20.0. The maximum atomic E-state index is 13.8. The summed E-state index contributed by atoms with van der Waals surface area (Å²) in [5.41, 5.74) is 8.34. The Bertz CT molecular complexity index is 1890. The second-order valence-corrected chi connectivity index (χ2v) is 18.2. The van der Waals surface area contributed by atoms with Crippen molar-refractivity contribution in [3.63, 3.8) is 0 Å². The first-order chi connectivity index (χ1) is 23.4. The summed E-state index contributed by atoms with van der Waals surface area (Å²) in [6.07, 6.45) is 4.36. The van der Waals surface area contributed by atoms with Crippen LogP contribution in [0, 0.1) is 0 Å². The van der Waals surface area contributed by atoms with Gasteiger partial charge in [0.05, 0.1) is 34.4 Å². The van der Waals surface area contributed by atoms with Gasteiger partial charge in [0.1, 0.15) is 24.2 Å². The number of nitrogens with two attached hydrogens (primary N) is 1. The number of hydrogen-bond donors (Lipinski definition) is 3. The predicted octanol–water partition coefficient (Wildman–Crippen LogP) is 3.59. The molecule has 2 saturated heterocycles. The molecule has 13 heteroatoms. The smallest absolute Gasteiger partial charge is 0.243 e. The average molecular weight is 712 g/mol. The standard InChI is InChI=1S/C36H45N3O8S2/c1-45-34-12-11-32(20-33(34)25-5-7-26(8-6-25)36(37)13-14-36)49(43,44)39-17-15-35(16-18-39)21-27(23-47-35)38-22-28(40)24-46-29-3-2-4-31(19-29)48(41,42)30-9-10-30/h2-8,11-12,19-20,27-28,30,38,40H,9-10,13-18,21-24,37H2,1H3. The van der Waals surface area contributed by atoms with Gasteiger partial charge in [-0.15, -0.1) is 0 Å². The number of piperidine rings is 1. The maximum absolute atomic E-state index is 13.8. The second-order valence-electron chi connectivity index (χ2n) is 14.0. The quantitative estimate of drug-likeness (QED) is 0.240. The number of benzene rings is 3. The lowest BCUT2D eigenvalue weighted by Gasteiger charge is -2.38. The largest absolute Gasteiger partial charge is 0.496 e. The van der Waals surface area contributed by atoms with E-state index in [2.05, 4.69) is 5.32 Å². The summed E-state index contributed by atoms with van der Waals surface area (Å²) in [5, 5.41) is 13.6. The van der Waals surface area contributed by atoms with Gasteiger partial charge in [0, 0.05) is 36.8 Å². The van der Waals surface area contributed by atoms with Gasteiger partial charge in [-0.1, -0.05) is 30.3 Å². The molecule has 0 radical (unpaired) electrons. The number of sulfone groups is 1. The molecule has 2 atom stereocenters. The Labute approximate surface area is 288 Å². The number of nitrogens with one attached hydrogen (secondary N) is 1. The summed E-state index contributed by atoms with van der Waals surface area (Å²) in [4.78, 5) is 0.473. The van der Waals surface area contributed by atoms with Crippen LogP contribution in [0.15, 0.2) is 76.5 Å². The maximum Gasteiger partial charge on any atom is 0.243 e. The van der Waals surface area contributed by atoms with Gasteiger partial charge in [-0.3, -0.25) is 0 Å². The molecular weight excluding hydrogens is 667 g/mol. The Morgan fingerprint density at radius 1 is 0.980 bits per heavy atom. The number of hydrogen-bond acceptors (Lipinski definition) is 10. The number of methoxy groups -OCH3 is 1. The summed E-state index contributed by atoms with van der Waals surface area (Å²) in [5.74, 6) is 1.00. The fourth-order valence-corrected chi connectivity index (χ4v) is 10.1. The van der Waals surface area contributed by atoms with E-state index < -0.39 is 31.6 Å². The van der Waals surface area contributed by atoms with Crippen LogP contribution in [0.25, 0.3) is 11.1 Å². The van der Waals surface area contributed by atoms with Crippen LogP contribution in [-0.2, 0) is 30.1 Å². The number of nitrogens with zero attached hydrogens (tertiary/aromatic N) is 1. The third kappa shape index (κ3) is 7.25. The van der Waals surface area contributed by atoms with E-state index in [1.54, 1.807) is 43.5 Å². The van der Waals surface area contributed by atoms with Gasteiger partial charge in [-0.25, -0.2) is 16.8 Å². The van der Waals surface area contributed by atoms with Crippen molar-refractivity contribution in [2.45, 2.75) is 83.3 Å². The Morgan fingerprint density at radius 2 is 1.71 bits per heavy atom. The summed E-state index contributed by atoms with van der Waals surface area (Å²) in [6.45, 7) is 1.44. The monoisotopic (exact) mass is 711 g/mol. The molecule has 2 aliphatic heterocycles. The minimum Gasteiger partial charge on any atom is -0.496 e. The Balaban J connectivity index is 0.911. The zero-order valence-corrected chi connectivity index (χ0v) is 29.3. The van der Waals surface area contributed by atoms with Crippen LogP contribution in [0.3, 0.4) is 0 Å². The van der Waals surface area contributed by atoms with E-state index >= 15 is 0 Å². The van der Waals surface area contributed by atoms with Crippen molar-refractivity contribution >= 4 is 19.9 Å². The molecular formula is C36H45N3O8S2. The predicted molar refractivity (Wildman–Crippen MR) is 185 cm³/mol. The molecule has 4 N–H and O–H groups in total. The van der Waals surface area contributed by atoms with E-state index in [1.807, 2.05) is 24.3 Å². The first kappa shape index (κ1) is 34.4. The molecule has 4 aliphatic rings. The summed E-state index contributed by atoms with van der Waals surface area (Å²) >= 11 is 0. The van der Waals surface area contributed by atoms with E-state index in [-0.39, 0.29) is 39.8 Å². The van der Waals surface area contributed by atoms with Crippen molar-refractivity contribution in [2.75, 3.05) is 40.0 Å². The molecule has 2 unspecified atom stereocenters. The van der Waals surface area contributed by atoms with Crippen molar-refractivity contribution in [2.24, 2.45) is 5.73 Å². The molecule has 2 saturated carbocycles. The van der Waals surface area contributed by atoms with E-state index in [0.717, 1.165) is 24.0 Å². The van der Waals surface area contributed by atoms with Gasteiger partial charge in [0.15, 0.2) is 9.84 Å². The number of ether oxygens (including phenoxy) is 3. The van der Waals surface area contributed by atoms with Crippen LogP contribution < -0.4 is 20.5 Å². The van der Waals surface area contributed by atoms with E-state index in [0.29, 0.717) is 68.9 Å². The average Bonchev–Trinajstić information content (AvgIpc) is 4.06. The van der Waals surface area contributed by atoms with Gasteiger partial charge < -0.3 is 30.4 Å². The molecule has 0 bridgehead atoms. The third-order valence-corrected chi connectivity index (χ3v) is 14.5. The van der Waals surface area contributed by atoms with Crippen LogP contribution in [0.5, 0.6) is 11.5 Å². The highest BCUT2D eigenvalue weighted by atomic mass is 32.2. The van der Waals surface area contributed by atoms with E-state index in [4.69, 9.17) is 19.9 Å². The fourth-order valence-electron chi connectivity index (χ4n) is 6.95. The molecule has 2 heterocycles. The molecule has 11 nitrogen and oxygen atoms in total. The zero-order chi connectivity index (χ0) is 34.4. The molecule has 0 amide bonds. The topological polar surface area (TPSA) is 157 Å².